The Labute approximate surface area is 566 Å². The van der Waals surface area contributed by atoms with E-state index in [1.54, 1.807) is 78.7 Å². The number of rotatable bonds is 24. The van der Waals surface area contributed by atoms with Gasteiger partial charge in [0.05, 0.1) is 94.4 Å². The van der Waals surface area contributed by atoms with E-state index >= 15 is 0 Å². The van der Waals surface area contributed by atoms with Gasteiger partial charge in [0.1, 0.15) is 5.76 Å². The van der Waals surface area contributed by atoms with Gasteiger partial charge in [0.2, 0.25) is 50.1 Å². The first kappa shape index (κ1) is 84.4. The van der Waals surface area contributed by atoms with E-state index in [0.29, 0.717) is 84.7 Å². The normalized spacial score (nSPS) is 11.6. The van der Waals surface area contributed by atoms with Crippen LogP contribution in [0.1, 0.15) is 164 Å². The predicted octanol–water partition coefficient (Wildman–Crippen LogP) is 12.4. The third kappa shape index (κ3) is 32.4. The molecule has 0 saturated carbocycles. The van der Waals surface area contributed by atoms with E-state index < -0.39 is 55.0 Å². The number of hydrogen-bond donors (Lipinski definition) is 6. The van der Waals surface area contributed by atoms with Gasteiger partial charge in [0, 0.05) is 81.7 Å². The number of carbonyl (C=O) groups excluding carboxylic acids is 5. The summed E-state index contributed by atoms with van der Waals surface area (Å²) >= 11 is 7.60. The van der Waals surface area contributed by atoms with Gasteiger partial charge >= 0.3 is 0 Å². The van der Waals surface area contributed by atoms with Gasteiger partial charge in [-0.1, -0.05) is 53.6 Å². The van der Waals surface area contributed by atoms with Crippen molar-refractivity contribution in [2.75, 3.05) is 54.9 Å². The molecule has 0 spiro atoms. The molecular formula is C55H76N8O19S11. The number of nitrogens with two attached hydrogens (primary N) is 2. The summed E-state index contributed by atoms with van der Waals surface area (Å²) in [5.74, 6) is 1.31. The number of carbonyl (C=O) groups is 5. The van der Waals surface area contributed by atoms with Crippen molar-refractivity contribution in [1.82, 2.24) is 0 Å². The third-order valence-electron chi connectivity index (χ3n) is 10.8. The first-order valence-corrected chi connectivity index (χ1v) is 41.9. The summed E-state index contributed by atoms with van der Waals surface area (Å²) in [4.78, 5) is 69.2. The maximum absolute atomic E-state index is 11.5. The lowest BCUT2D eigenvalue weighted by atomic mass is 10.2. The number of nitro groups is 1. The van der Waals surface area contributed by atoms with Crippen LogP contribution < -0.4 is 29.3 Å². The number of nitrogens with zero attached hydrogens (tertiary/aromatic N) is 3. The fourth-order valence-electron chi connectivity index (χ4n) is 6.53. The van der Waals surface area contributed by atoms with E-state index in [0.717, 1.165) is 80.8 Å². The minimum absolute atomic E-state index is 0.00296. The van der Waals surface area contributed by atoms with E-state index in [9.17, 15) is 76.2 Å². The van der Waals surface area contributed by atoms with Crippen LogP contribution in [0, 0.1) is 17.0 Å². The molecule has 7 heterocycles. The summed E-state index contributed by atoms with van der Waals surface area (Å²) in [5.41, 5.74) is 14.0. The van der Waals surface area contributed by atoms with Crippen LogP contribution in [-0.4, -0.2) is 118 Å². The van der Waals surface area contributed by atoms with E-state index in [1.165, 1.54) is 68.2 Å². The van der Waals surface area contributed by atoms with Crippen LogP contribution in [0.4, 0.5) is 34.1 Å². The number of aryl methyl sites for hydroxylation is 1. The molecule has 7 rings (SSSR count). The largest absolute Gasteiger partial charge is 0.458 e. The van der Waals surface area contributed by atoms with Crippen LogP contribution in [0.3, 0.4) is 0 Å². The van der Waals surface area contributed by atoms with Gasteiger partial charge in [0.25, 0.3) is 5.69 Å². The Morgan fingerprint density at radius 2 is 0.935 bits per heavy atom. The number of nitrogens with one attached hydrogen (secondary N) is 3. The van der Waals surface area contributed by atoms with Crippen LogP contribution in [-0.2, 0) is 50.1 Å². The number of oxime groups is 1. The molecule has 1 atom stereocenters. The maximum atomic E-state index is 11.5. The van der Waals surface area contributed by atoms with Crippen molar-refractivity contribution in [3.8, 4) is 0 Å². The molecule has 7 aromatic heterocycles. The lowest BCUT2D eigenvalue weighted by molar-refractivity contribution is -0.384. The Hall–Kier alpha value is -6.59. The highest BCUT2D eigenvalue weighted by molar-refractivity contribution is 8.09. The number of furan rings is 1. The molecular weight excluding hydrogens is 1430 g/mol. The summed E-state index contributed by atoms with van der Waals surface area (Å²) in [5, 5.41) is 31.6. The summed E-state index contributed by atoms with van der Waals surface area (Å²) in [7, 11) is -17.6. The Morgan fingerprint density at radius 3 is 1.30 bits per heavy atom. The van der Waals surface area contributed by atoms with E-state index in [1.807, 2.05) is 34.6 Å². The quantitative estimate of drug-likeness (QED) is 0.0108. The van der Waals surface area contributed by atoms with E-state index in [4.69, 9.17) is 21.1 Å². The fraction of sp³-hybridized carbons (Fsp3) is 0.382. The molecule has 27 nitrogen and oxygen atoms in total. The Morgan fingerprint density at radius 1 is 0.548 bits per heavy atom. The number of Topliss-reactive ketones (excluding diaryl/α,β-unsaturated/α-hetero) is 5. The van der Waals surface area contributed by atoms with Gasteiger partial charge < -0.3 is 21.1 Å². The maximum Gasteiger partial charge on any atom is 0.280 e. The van der Waals surface area contributed by atoms with Crippen molar-refractivity contribution in [2.45, 2.75) is 106 Å². The second-order valence-corrected chi connectivity index (χ2v) is 33.7. The molecule has 0 aliphatic rings. The standard InChI is InChI=1S/C9H13NO5S3.C8H12N2O3S2.C8H14N2O2S2.C8H11NO3S2.C8H10O2.C7H7NO3S.C7H9NOS/c1-4-8(11)9-5-7(6-16-9)10(17(2,12)13)18(3,14)15;1-3-7(9-11)8-4-6(5-14-8)10-15(2,12)13;1-3-7(9)8-4-6(5-13-8)10-14(2,11)12;1-3-7(10)8-4-6(5-13-8)9-14(2,11)12;1-3-7(9)8-5-4-6(2)10-8;1-2-6(9)7-3-5(4-12-7)8(10)11;1-2-6(9)7-3-5(8)4-10-7/h5-6H,4H2,1-3H3;4-5,10-11H,3H2,1-2H3;4-5,7,10H,3,9H2,1-2H3;4-5,9H,3H2,1-2H3;4-5H,3H2,1-2H3;3-4H,2H2,1H3;3-4H,2,8H2,1H3/b;9-7-;;;;;. The van der Waals surface area contributed by atoms with Crippen LogP contribution in [0.2, 0.25) is 0 Å². The molecule has 0 bridgehead atoms. The number of anilines is 5. The molecule has 0 amide bonds. The van der Waals surface area contributed by atoms with Gasteiger partial charge in [0.15, 0.2) is 34.7 Å². The molecule has 0 saturated heterocycles. The zero-order valence-electron chi connectivity index (χ0n) is 52.9. The van der Waals surface area contributed by atoms with Crippen molar-refractivity contribution >= 4 is 187 Å². The SMILES string of the molecule is CC/C(=N/O)c1cc(NS(C)(=O)=O)cs1.CCC(=O)c1cc(N(S(C)(=O)=O)S(C)(=O)=O)cs1.CCC(=O)c1cc(N)cs1.CCC(=O)c1cc(NS(C)(=O)=O)cs1.CCC(=O)c1cc([N+](=O)[O-])cs1.CCC(=O)c1ccc(C)o1.CCC(N)c1cc(NS(C)(=O)=O)cs1. The van der Waals surface area contributed by atoms with Gasteiger partial charge in [-0.25, -0.2) is 42.1 Å². The second-order valence-electron chi connectivity index (χ2n) is 19.0. The summed E-state index contributed by atoms with van der Waals surface area (Å²) in [6, 6.07) is 12.8. The zero-order valence-corrected chi connectivity index (χ0v) is 61.9. The monoisotopic (exact) mass is 1500 g/mol. The van der Waals surface area contributed by atoms with Crippen molar-refractivity contribution in [3.63, 3.8) is 0 Å². The lowest BCUT2D eigenvalue weighted by Crippen LogP contribution is -2.34. The fourth-order valence-corrected chi connectivity index (χ4v) is 16.7. The highest BCUT2D eigenvalue weighted by Crippen LogP contribution is 2.30. The third-order valence-corrected chi connectivity index (χ3v) is 21.8. The highest BCUT2D eigenvalue weighted by atomic mass is 32.3. The number of thiophene rings is 6. The molecule has 8 N–H and O–H groups in total. The first-order chi connectivity index (χ1) is 43.0. The van der Waals surface area contributed by atoms with Gasteiger partial charge in [-0.2, -0.15) is 3.71 Å². The van der Waals surface area contributed by atoms with Crippen molar-refractivity contribution in [1.29, 1.82) is 0 Å². The lowest BCUT2D eigenvalue weighted by Gasteiger charge is -2.17. The number of hydrogen-bond acceptors (Lipinski definition) is 28. The van der Waals surface area contributed by atoms with Crippen molar-refractivity contribution in [3.05, 3.63) is 132 Å². The average molecular weight is 1510 g/mol. The molecule has 516 valence electrons. The van der Waals surface area contributed by atoms with Crippen molar-refractivity contribution < 1.29 is 80.6 Å². The first-order valence-electron chi connectivity index (χ1n) is 27.2. The molecule has 0 aliphatic carbocycles. The summed E-state index contributed by atoms with van der Waals surface area (Å²) in [6.07, 6.45) is 8.48. The van der Waals surface area contributed by atoms with E-state index in [-0.39, 0.29) is 52.8 Å². The smallest absolute Gasteiger partial charge is 0.280 e. The van der Waals surface area contributed by atoms with Crippen molar-refractivity contribution in [2.24, 2.45) is 10.9 Å². The number of ketones is 5. The van der Waals surface area contributed by atoms with Crippen LogP contribution in [0.5, 0.6) is 0 Å². The average Bonchev–Trinajstić information content (AvgIpc) is 1.78. The predicted molar refractivity (Wildman–Crippen MR) is 377 cm³/mol. The van der Waals surface area contributed by atoms with Crippen LogP contribution in [0.15, 0.2) is 90.4 Å². The number of sulfonamides is 5. The highest BCUT2D eigenvalue weighted by Gasteiger charge is 2.29. The minimum atomic E-state index is -3.95. The molecule has 7 aromatic rings. The molecule has 38 heteroatoms. The molecule has 0 aromatic carbocycles. The summed E-state index contributed by atoms with van der Waals surface area (Å²) in [6.45, 7) is 14.5. The molecule has 0 radical (unpaired) electrons. The second kappa shape index (κ2) is 39.3. The topological polar surface area (TPSA) is 436 Å². The summed E-state index contributed by atoms with van der Waals surface area (Å²) < 4.78 is 124. The van der Waals surface area contributed by atoms with Gasteiger partial charge in [-0.05, 0) is 62.2 Å². The molecule has 0 aliphatic heterocycles. The van der Waals surface area contributed by atoms with E-state index in [2.05, 4.69) is 19.3 Å². The Kier molecular flexibility index (Phi) is 35.7. The Bertz CT molecular complexity index is 4150. The molecule has 0 fully saturated rings. The van der Waals surface area contributed by atoms with Crippen LogP contribution >= 0.6 is 68.0 Å². The van der Waals surface area contributed by atoms with Gasteiger partial charge in [-0.15, -0.1) is 68.0 Å². The Balaban J connectivity index is 0.000000547. The number of nitrogen functional groups attached to an aromatic ring is 1. The zero-order chi connectivity index (χ0) is 71.4. The minimum Gasteiger partial charge on any atom is -0.458 e. The van der Waals surface area contributed by atoms with Crippen LogP contribution in [0.25, 0.3) is 0 Å². The molecule has 93 heavy (non-hydrogen) atoms. The van der Waals surface area contributed by atoms with Gasteiger partial charge in [-0.3, -0.25) is 48.3 Å². The molecule has 1 unspecified atom stereocenters.